The zero-order valence-corrected chi connectivity index (χ0v) is 11.5. The smallest absolute Gasteiger partial charge is 0.137 e. The average molecular weight is 263 g/mol. The van der Waals surface area contributed by atoms with Crippen molar-refractivity contribution in [3.05, 3.63) is 45.4 Å². The molecule has 0 amide bonds. The second-order valence-electron chi connectivity index (χ2n) is 4.15. The molecule has 0 radical (unpaired) electrons. The van der Waals surface area contributed by atoms with Crippen molar-refractivity contribution >= 4 is 11.3 Å². The van der Waals surface area contributed by atoms with Gasteiger partial charge in [0.15, 0.2) is 0 Å². The first-order valence-corrected chi connectivity index (χ1v) is 6.49. The van der Waals surface area contributed by atoms with E-state index in [2.05, 4.69) is 30.3 Å². The number of hydrogen-bond acceptors (Lipinski definition) is 5. The van der Waals surface area contributed by atoms with Crippen LogP contribution in [-0.4, -0.2) is 12.1 Å². The van der Waals surface area contributed by atoms with Crippen molar-refractivity contribution in [3.8, 4) is 5.75 Å². The summed E-state index contributed by atoms with van der Waals surface area (Å²) in [7, 11) is 1.63. The molecule has 0 aromatic carbocycles. The number of aryl methyl sites for hydroxylation is 2. The number of pyridine rings is 1. The van der Waals surface area contributed by atoms with Gasteiger partial charge in [-0.1, -0.05) is 0 Å². The summed E-state index contributed by atoms with van der Waals surface area (Å²) < 4.78 is 5.19. The number of hydrazine groups is 1. The van der Waals surface area contributed by atoms with E-state index in [0.29, 0.717) is 0 Å². The lowest BCUT2D eigenvalue weighted by atomic mass is 10.1. The molecular weight excluding hydrogens is 246 g/mol. The molecule has 2 rings (SSSR count). The van der Waals surface area contributed by atoms with Gasteiger partial charge in [-0.2, -0.15) is 0 Å². The first-order valence-electron chi connectivity index (χ1n) is 5.67. The number of rotatable bonds is 4. The Morgan fingerprint density at radius 3 is 2.67 bits per heavy atom. The molecule has 0 saturated carbocycles. The molecule has 0 bridgehead atoms. The van der Waals surface area contributed by atoms with Crippen LogP contribution in [0.5, 0.6) is 5.75 Å². The van der Waals surface area contributed by atoms with Crippen LogP contribution >= 0.6 is 11.3 Å². The lowest BCUT2D eigenvalue weighted by Crippen LogP contribution is -2.28. The minimum Gasteiger partial charge on any atom is -0.495 e. The first kappa shape index (κ1) is 13.0. The fraction of sp³-hybridized carbons (Fsp3) is 0.308. The fourth-order valence-electron chi connectivity index (χ4n) is 1.79. The Labute approximate surface area is 111 Å². The van der Waals surface area contributed by atoms with Crippen LogP contribution in [0.15, 0.2) is 24.5 Å². The highest BCUT2D eigenvalue weighted by Gasteiger charge is 2.16. The Bertz CT molecular complexity index is 519. The molecule has 1 unspecified atom stereocenters. The van der Waals surface area contributed by atoms with Crippen LogP contribution in [0.4, 0.5) is 0 Å². The number of hydrogen-bond donors (Lipinski definition) is 2. The van der Waals surface area contributed by atoms with Gasteiger partial charge in [0.2, 0.25) is 0 Å². The molecule has 0 saturated heterocycles. The van der Waals surface area contributed by atoms with E-state index < -0.39 is 0 Å². The molecule has 5 heteroatoms. The molecule has 0 aliphatic heterocycles. The Hall–Kier alpha value is -1.43. The number of thiophene rings is 1. The predicted molar refractivity (Wildman–Crippen MR) is 73.7 cm³/mol. The Kier molecular flexibility index (Phi) is 3.96. The minimum atomic E-state index is -0.0509. The van der Waals surface area contributed by atoms with Gasteiger partial charge in [-0.15, -0.1) is 11.3 Å². The molecule has 0 spiro atoms. The molecular formula is C13H17N3OS. The molecule has 0 aliphatic rings. The first-order chi connectivity index (χ1) is 8.65. The van der Waals surface area contributed by atoms with Crippen LogP contribution < -0.4 is 16.0 Å². The van der Waals surface area contributed by atoms with Crippen molar-refractivity contribution in [1.29, 1.82) is 0 Å². The standard InChI is InChI=1S/C13H17N3OS/c1-8-4-12(18-9(8)2)13(16-14)10-5-11(17-3)7-15-6-10/h4-7,13,16H,14H2,1-3H3. The van der Waals surface area contributed by atoms with Gasteiger partial charge in [0.1, 0.15) is 5.75 Å². The molecule has 96 valence electrons. The third kappa shape index (κ3) is 2.53. The van der Waals surface area contributed by atoms with Gasteiger partial charge >= 0.3 is 0 Å². The number of methoxy groups -OCH3 is 1. The van der Waals surface area contributed by atoms with Crippen LogP contribution in [0, 0.1) is 13.8 Å². The van der Waals surface area contributed by atoms with E-state index in [1.807, 2.05) is 6.07 Å². The van der Waals surface area contributed by atoms with Crippen LogP contribution in [0.3, 0.4) is 0 Å². The maximum absolute atomic E-state index is 5.68. The Morgan fingerprint density at radius 2 is 2.11 bits per heavy atom. The monoisotopic (exact) mass is 263 g/mol. The molecule has 2 heterocycles. The predicted octanol–water partition coefficient (Wildman–Crippen LogP) is 2.32. The van der Waals surface area contributed by atoms with E-state index in [1.165, 1.54) is 15.3 Å². The van der Waals surface area contributed by atoms with Gasteiger partial charge in [0.25, 0.3) is 0 Å². The summed E-state index contributed by atoms with van der Waals surface area (Å²) in [6.07, 6.45) is 3.49. The van der Waals surface area contributed by atoms with E-state index in [4.69, 9.17) is 10.6 Å². The minimum absolute atomic E-state index is 0.0509. The molecule has 0 aliphatic carbocycles. The maximum Gasteiger partial charge on any atom is 0.137 e. The third-order valence-corrected chi connectivity index (χ3v) is 4.16. The summed E-state index contributed by atoms with van der Waals surface area (Å²) in [4.78, 5) is 6.65. The van der Waals surface area contributed by atoms with Crippen molar-refractivity contribution in [1.82, 2.24) is 10.4 Å². The van der Waals surface area contributed by atoms with Gasteiger partial charge in [0, 0.05) is 16.0 Å². The Morgan fingerprint density at radius 1 is 1.33 bits per heavy atom. The SMILES string of the molecule is COc1cncc(C(NN)c2cc(C)c(C)s2)c1. The molecule has 2 aromatic rings. The van der Waals surface area contributed by atoms with Gasteiger partial charge in [-0.05, 0) is 37.1 Å². The van der Waals surface area contributed by atoms with Crippen LogP contribution in [0.2, 0.25) is 0 Å². The molecule has 3 N–H and O–H groups in total. The number of nitrogens with zero attached hydrogens (tertiary/aromatic N) is 1. The topological polar surface area (TPSA) is 60.2 Å². The number of nitrogens with one attached hydrogen (secondary N) is 1. The summed E-state index contributed by atoms with van der Waals surface area (Å²) in [5, 5.41) is 0. The molecule has 1 atom stereocenters. The number of aromatic nitrogens is 1. The lowest BCUT2D eigenvalue weighted by molar-refractivity contribution is 0.411. The normalized spacial score (nSPS) is 12.4. The second-order valence-corrected chi connectivity index (χ2v) is 5.43. The Balaban J connectivity index is 2.38. The number of nitrogens with two attached hydrogens (primary N) is 1. The quantitative estimate of drug-likeness (QED) is 0.656. The van der Waals surface area contributed by atoms with Crippen LogP contribution in [-0.2, 0) is 0 Å². The number of ether oxygens (including phenoxy) is 1. The molecule has 4 nitrogen and oxygen atoms in total. The third-order valence-electron chi connectivity index (χ3n) is 2.94. The van der Waals surface area contributed by atoms with E-state index in [9.17, 15) is 0 Å². The van der Waals surface area contributed by atoms with E-state index >= 15 is 0 Å². The van der Waals surface area contributed by atoms with E-state index in [1.54, 1.807) is 30.8 Å². The largest absolute Gasteiger partial charge is 0.495 e. The summed E-state index contributed by atoms with van der Waals surface area (Å²) in [5.74, 6) is 6.41. The van der Waals surface area contributed by atoms with Crippen molar-refractivity contribution in [2.45, 2.75) is 19.9 Å². The summed E-state index contributed by atoms with van der Waals surface area (Å²) >= 11 is 1.74. The van der Waals surface area contributed by atoms with Crippen molar-refractivity contribution < 1.29 is 4.74 Å². The van der Waals surface area contributed by atoms with E-state index in [-0.39, 0.29) is 6.04 Å². The van der Waals surface area contributed by atoms with Crippen LogP contribution in [0.1, 0.15) is 26.9 Å². The highest BCUT2D eigenvalue weighted by molar-refractivity contribution is 7.12. The fourth-order valence-corrected chi connectivity index (χ4v) is 2.92. The van der Waals surface area contributed by atoms with Gasteiger partial charge in [-0.25, -0.2) is 5.43 Å². The maximum atomic E-state index is 5.68. The summed E-state index contributed by atoms with van der Waals surface area (Å²) in [6.45, 7) is 4.22. The lowest BCUT2D eigenvalue weighted by Gasteiger charge is -2.14. The van der Waals surface area contributed by atoms with Gasteiger partial charge in [0.05, 0.1) is 19.3 Å². The van der Waals surface area contributed by atoms with Gasteiger partial charge in [-0.3, -0.25) is 10.8 Å². The molecule has 18 heavy (non-hydrogen) atoms. The second kappa shape index (κ2) is 5.48. The van der Waals surface area contributed by atoms with Gasteiger partial charge < -0.3 is 4.74 Å². The summed E-state index contributed by atoms with van der Waals surface area (Å²) in [5.41, 5.74) is 5.12. The highest BCUT2D eigenvalue weighted by atomic mass is 32.1. The van der Waals surface area contributed by atoms with Crippen molar-refractivity contribution in [3.63, 3.8) is 0 Å². The van der Waals surface area contributed by atoms with Crippen molar-refractivity contribution in [2.75, 3.05) is 7.11 Å². The van der Waals surface area contributed by atoms with Crippen molar-refractivity contribution in [2.24, 2.45) is 5.84 Å². The van der Waals surface area contributed by atoms with Crippen LogP contribution in [0.25, 0.3) is 0 Å². The summed E-state index contributed by atoms with van der Waals surface area (Å²) in [6, 6.07) is 4.05. The molecule has 0 fully saturated rings. The average Bonchev–Trinajstić information content (AvgIpc) is 2.70. The highest BCUT2D eigenvalue weighted by Crippen LogP contribution is 2.31. The zero-order valence-electron chi connectivity index (χ0n) is 10.7. The zero-order chi connectivity index (χ0) is 13.1. The molecule has 2 aromatic heterocycles. The van der Waals surface area contributed by atoms with E-state index in [0.717, 1.165) is 11.3 Å².